The summed E-state index contributed by atoms with van der Waals surface area (Å²) in [7, 11) is 0. The Morgan fingerprint density at radius 1 is 1.16 bits per heavy atom. The van der Waals surface area contributed by atoms with Crippen molar-refractivity contribution < 1.29 is 28.6 Å². The molecule has 1 amide bonds. The van der Waals surface area contributed by atoms with Crippen LogP contribution in [0.5, 0.6) is 11.5 Å². The van der Waals surface area contributed by atoms with Crippen LogP contribution in [0.25, 0.3) is 5.76 Å². The van der Waals surface area contributed by atoms with Crippen LogP contribution < -0.4 is 9.47 Å². The minimum absolute atomic E-state index is 0.0125. The van der Waals surface area contributed by atoms with Crippen LogP contribution in [0.4, 0.5) is 0 Å². The summed E-state index contributed by atoms with van der Waals surface area (Å²) in [6.07, 6.45) is 7.28. The molecule has 1 fully saturated rings. The maximum absolute atomic E-state index is 12.9. The maximum atomic E-state index is 12.9. The molecule has 1 unspecified atom stereocenters. The Morgan fingerprint density at radius 2 is 2.03 bits per heavy atom. The van der Waals surface area contributed by atoms with Crippen molar-refractivity contribution in [3.8, 4) is 11.5 Å². The van der Waals surface area contributed by atoms with Crippen molar-refractivity contribution in [1.29, 1.82) is 0 Å². The summed E-state index contributed by atoms with van der Waals surface area (Å²) in [5.41, 5.74) is 0.346. The summed E-state index contributed by atoms with van der Waals surface area (Å²) in [5, 5.41) is 11.0. The van der Waals surface area contributed by atoms with Gasteiger partial charge >= 0.3 is 0 Å². The molecule has 0 bridgehead atoms. The van der Waals surface area contributed by atoms with Crippen molar-refractivity contribution in [2.45, 2.75) is 19.0 Å². The van der Waals surface area contributed by atoms with Crippen LogP contribution in [-0.2, 0) is 16.1 Å². The first kappa shape index (κ1) is 19.0. The van der Waals surface area contributed by atoms with E-state index < -0.39 is 17.7 Å². The lowest BCUT2D eigenvalue weighted by molar-refractivity contribution is -0.140. The first-order valence-electron chi connectivity index (χ1n) is 9.81. The number of Topliss-reactive ketones (excluding diaryl/α,β-unsaturated/α-hetero) is 1. The number of aliphatic hydroxyl groups is 1. The van der Waals surface area contributed by atoms with Crippen LogP contribution in [0, 0.1) is 0 Å². The Morgan fingerprint density at radius 3 is 2.81 bits per heavy atom. The first-order valence-corrected chi connectivity index (χ1v) is 9.81. The number of rotatable bonds is 6. The fraction of sp³-hybridized carbons (Fsp3) is 0.227. The second-order valence-corrected chi connectivity index (χ2v) is 7.23. The zero-order chi connectivity index (χ0) is 21.4. The summed E-state index contributed by atoms with van der Waals surface area (Å²) in [6.45, 7) is 1.04. The third kappa shape index (κ3) is 3.33. The van der Waals surface area contributed by atoms with Crippen LogP contribution in [0.2, 0.25) is 0 Å². The molecule has 2 aliphatic heterocycles. The van der Waals surface area contributed by atoms with E-state index in [0.29, 0.717) is 42.3 Å². The highest BCUT2D eigenvalue weighted by Crippen LogP contribution is 2.41. The summed E-state index contributed by atoms with van der Waals surface area (Å²) in [4.78, 5) is 31.2. The highest BCUT2D eigenvalue weighted by molar-refractivity contribution is 6.46. The molecule has 3 aromatic rings. The molecule has 31 heavy (non-hydrogen) atoms. The summed E-state index contributed by atoms with van der Waals surface area (Å²) in [5.74, 6) is -0.278. The van der Waals surface area contributed by atoms with Crippen LogP contribution in [0.3, 0.4) is 0 Å². The molecule has 1 atom stereocenters. The number of likely N-dealkylation sites (tertiary alicyclic amines) is 1. The van der Waals surface area contributed by atoms with Crippen molar-refractivity contribution in [3.05, 3.63) is 72.2 Å². The molecule has 1 aromatic carbocycles. The van der Waals surface area contributed by atoms with Crippen molar-refractivity contribution in [2.75, 3.05) is 13.3 Å². The van der Waals surface area contributed by atoms with Gasteiger partial charge in [0.05, 0.1) is 18.2 Å². The average molecular weight is 421 g/mol. The Balaban J connectivity index is 1.50. The van der Waals surface area contributed by atoms with E-state index in [0.717, 1.165) is 0 Å². The highest BCUT2D eigenvalue weighted by Gasteiger charge is 2.47. The number of ether oxygens (including phenoxy) is 2. The molecule has 0 saturated carbocycles. The predicted molar refractivity (Wildman–Crippen MR) is 107 cm³/mol. The van der Waals surface area contributed by atoms with E-state index in [1.54, 1.807) is 42.9 Å². The molecule has 0 aliphatic carbocycles. The van der Waals surface area contributed by atoms with Gasteiger partial charge in [-0.05, 0) is 36.8 Å². The first-order chi connectivity index (χ1) is 15.1. The van der Waals surface area contributed by atoms with Gasteiger partial charge in [-0.3, -0.25) is 9.59 Å². The van der Waals surface area contributed by atoms with Gasteiger partial charge in [0, 0.05) is 31.0 Å². The number of amides is 1. The Labute approximate surface area is 177 Å². The van der Waals surface area contributed by atoms with Gasteiger partial charge in [0.15, 0.2) is 11.5 Å². The number of hydrogen-bond donors (Lipinski definition) is 1. The fourth-order valence-corrected chi connectivity index (χ4v) is 3.90. The van der Waals surface area contributed by atoms with Gasteiger partial charge in [0.2, 0.25) is 6.79 Å². The van der Waals surface area contributed by atoms with E-state index in [2.05, 4.69) is 4.98 Å². The Hall–Kier alpha value is -4.01. The zero-order valence-electron chi connectivity index (χ0n) is 16.4. The number of ketones is 1. The minimum Gasteiger partial charge on any atom is -0.507 e. The Kier molecular flexibility index (Phi) is 4.70. The smallest absolute Gasteiger partial charge is 0.295 e. The number of furan rings is 1. The normalized spacial score (nSPS) is 19.4. The molecule has 1 N–H and O–H groups in total. The molecule has 4 heterocycles. The van der Waals surface area contributed by atoms with Crippen molar-refractivity contribution in [1.82, 2.24) is 14.5 Å². The second-order valence-electron chi connectivity index (χ2n) is 7.23. The van der Waals surface area contributed by atoms with Gasteiger partial charge in [-0.2, -0.15) is 0 Å². The lowest BCUT2D eigenvalue weighted by atomic mass is 9.99. The molecule has 0 spiro atoms. The van der Waals surface area contributed by atoms with Gasteiger partial charge < -0.3 is 28.5 Å². The molecular formula is C22H19N3O6. The third-order valence-corrected chi connectivity index (χ3v) is 5.37. The number of fused-ring (bicyclic) bond motifs is 1. The van der Waals surface area contributed by atoms with E-state index in [-0.39, 0.29) is 18.1 Å². The quantitative estimate of drug-likeness (QED) is 0.370. The van der Waals surface area contributed by atoms with Crippen LogP contribution in [0.1, 0.15) is 23.8 Å². The Bertz CT molecular complexity index is 1150. The van der Waals surface area contributed by atoms with Crippen molar-refractivity contribution in [3.63, 3.8) is 0 Å². The van der Waals surface area contributed by atoms with E-state index in [1.165, 1.54) is 11.2 Å². The number of aromatic nitrogens is 2. The molecule has 9 heteroatoms. The van der Waals surface area contributed by atoms with E-state index in [9.17, 15) is 14.7 Å². The van der Waals surface area contributed by atoms with Gasteiger partial charge in [-0.25, -0.2) is 4.98 Å². The molecule has 2 aromatic heterocycles. The van der Waals surface area contributed by atoms with E-state index >= 15 is 0 Å². The number of carbonyl (C=O) groups excluding carboxylic acids is 2. The van der Waals surface area contributed by atoms with Crippen LogP contribution in [-0.4, -0.2) is 44.6 Å². The molecular weight excluding hydrogens is 402 g/mol. The third-order valence-electron chi connectivity index (χ3n) is 5.37. The number of aryl methyl sites for hydroxylation is 1. The summed E-state index contributed by atoms with van der Waals surface area (Å²) in [6, 6.07) is 7.41. The summed E-state index contributed by atoms with van der Waals surface area (Å²) >= 11 is 0. The molecule has 0 radical (unpaired) electrons. The number of hydrogen-bond acceptors (Lipinski definition) is 7. The number of aliphatic hydroxyl groups excluding tert-OH is 1. The van der Waals surface area contributed by atoms with E-state index in [4.69, 9.17) is 13.9 Å². The minimum atomic E-state index is -0.816. The van der Waals surface area contributed by atoms with E-state index in [1.807, 2.05) is 10.8 Å². The summed E-state index contributed by atoms with van der Waals surface area (Å²) < 4.78 is 18.1. The zero-order valence-corrected chi connectivity index (χ0v) is 16.4. The van der Waals surface area contributed by atoms with Gasteiger partial charge in [0.25, 0.3) is 11.7 Å². The largest absolute Gasteiger partial charge is 0.507 e. The van der Waals surface area contributed by atoms with Crippen molar-refractivity contribution in [2.24, 2.45) is 0 Å². The molecule has 1 saturated heterocycles. The molecule has 158 valence electrons. The average Bonchev–Trinajstić information content (AvgIpc) is 3.57. The molecule has 5 rings (SSSR count). The van der Waals surface area contributed by atoms with Gasteiger partial charge in [0.1, 0.15) is 17.6 Å². The monoisotopic (exact) mass is 421 g/mol. The number of carbonyl (C=O) groups is 2. The standard InChI is InChI=1S/C22H19N3O6/c26-20(14-4-5-15-17(11-14)31-13-30-15)18-19(16-3-1-10-29-16)25(22(28)21(18)27)8-2-7-24-9-6-23-12-24/h1,3-6,9-12,19,26H,2,7-8,13H2/b20-18+. The lowest BCUT2D eigenvalue weighted by Gasteiger charge is -2.23. The molecule has 2 aliphatic rings. The number of nitrogens with zero attached hydrogens (tertiary/aromatic N) is 3. The second kappa shape index (κ2) is 7.67. The predicted octanol–water partition coefficient (Wildman–Crippen LogP) is 2.72. The SMILES string of the molecule is O=C1C(=O)N(CCCn2ccnc2)C(c2ccco2)/C1=C(\O)c1ccc2c(c1)OCO2. The highest BCUT2D eigenvalue weighted by atomic mass is 16.7. The van der Waals surface area contributed by atoms with Gasteiger partial charge in [-0.15, -0.1) is 0 Å². The number of benzene rings is 1. The topological polar surface area (TPSA) is 107 Å². The van der Waals surface area contributed by atoms with Crippen LogP contribution in [0.15, 0.2) is 65.3 Å². The number of imidazole rings is 1. The molecule has 9 nitrogen and oxygen atoms in total. The van der Waals surface area contributed by atoms with Crippen molar-refractivity contribution >= 4 is 17.4 Å². The van der Waals surface area contributed by atoms with Gasteiger partial charge in [-0.1, -0.05) is 0 Å². The fourth-order valence-electron chi connectivity index (χ4n) is 3.90. The lowest BCUT2D eigenvalue weighted by Crippen LogP contribution is -2.31. The van der Waals surface area contributed by atoms with Crippen LogP contribution >= 0.6 is 0 Å². The maximum Gasteiger partial charge on any atom is 0.295 e.